The Morgan fingerprint density at radius 2 is 1.96 bits per heavy atom. The van der Waals surface area contributed by atoms with Crippen LogP contribution in [0.15, 0.2) is 54.6 Å². The Morgan fingerprint density at radius 3 is 2.73 bits per heavy atom. The molecule has 6 rings (SSSR count). The highest BCUT2D eigenvalue weighted by atomic mass is 19.1. The zero-order valence-corrected chi connectivity index (χ0v) is 25.4. The number of fused-ring (bicyclic) bond motifs is 1. The fourth-order valence-corrected chi connectivity index (χ4v) is 6.31. The summed E-state index contributed by atoms with van der Waals surface area (Å²) in [5, 5.41) is 9.60. The van der Waals surface area contributed by atoms with Gasteiger partial charge in [0.1, 0.15) is 23.7 Å². The molecule has 3 aromatic rings. The van der Waals surface area contributed by atoms with E-state index in [1.807, 2.05) is 6.92 Å². The number of halogens is 2. The van der Waals surface area contributed by atoms with Gasteiger partial charge in [-0.15, -0.1) is 0 Å². The molecular formula is C35H39F2N5O3. The number of amides is 3. The van der Waals surface area contributed by atoms with E-state index in [2.05, 4.69) is 51.3 Å². The lowest BCUT2D eigenvalue weighted by Gasteiger charge is -2.27. The van der Waals surface area contributed by atoms with Crippen molar-refractivity contribution in [2.24, 2.45) is 5.92 Å². The summed E-state index contributed by atoms with van der Waals surface area (Å²) in [6.45, 7) is 3.23. The molecule has 3 fully saturated rings. The summed E-state index contributed by atoms with van der Waals surface area (Å²) < 4.78 is 28.1. The largest absolute Gasteiger partial charge is 0.348 e. The lowest BCUT2D eigenvalue weighted by molar-refractivity contribution is -0.138. The molecule has 1 aliphatic carbocycles. The minimum absolute atomic E-state index is 0.0626. The quantitative estimate of drug-likeness (QED) is 0.321. The molecule has 4 atom stereocenters. The third kappa shape index (κ3) is 7.39. The maximum absolute atomic E-state index is 14.6. The molecule has 3 N–H and O–H groups in total. The number of benzene rings is 2. The highest BCUT2D eigenvalue weighted by Crippen LogP contribution is 2.33. The van der Waals surface area contributed by atoms with Crippen molar-refractivity contribution in [3.05, 3.63) is 82.8 Å². The average molecular weight is 616 g/mol. The van der Waals surface area contributed by atoms with Crippen LogP contribution >= 0.6 is 0 Å². The molecule has 1 unspecified atom stereocenters. The summed E-state index contributed by atoms with van der Waals surface area (Å²) in [5.74, 6) is -0.980. The van der Waals surface area contributed by atoms with Crippen molar-refractivity contribution >= 4 is 34.7 Å². The molecule has 0 radical (unpaired) electrons. The number of allylic oxidation sites excluding steroid dienone is 1. The summed E-state index contributed by atoms with van der Waals surface area (Å²) in [6, 6.07) is 12.2. The van der Waals surface area contributed by atoms with Gasteiger partial charge in [0.05, 0.1) is 24.6 Å². The lowest BCUT2D eigenvalue weighted by atomic mass is 9.88. The maximum Gasteiger partial charge on any atom is 0.270 e. The molecule has 2 saturated heterocycles. The number of rotatable bonds is 9. The summed E-state index contributed by atoms with van der Waals surface area (Å²) >= 11 is 0. The fourth-order valence-electron chi connectivity index (χ4n) is 6.31. The minimum atomic E-state index is -1.35. The van der Waals surface area contributed by atoms with Gasteiger partial charge >= 0.3 is 0 Å². The molecule has 10 heteroatoms. The van der Waals surface area contributed by atoms with Crippen LogP contribution in [0.2, 0.25) is 0 Å². The molecule has 3 heterocycles. The van der Waals surface area contributed by atoms with Crippen molar-refractivity contribution in [1.82, 2.24) is 25.8 Å². The predicted octanol–water partition coefficient (Wildman–Crippen LogP) is 4.81. The Balaban J connectivity index is 1.12. The van der Waals surface area contributed by atoms with Gasteiger partial charge < -0.3 is 20.9 Å². The van der Waals surface area contributed by atoms with Crippen LogP contribution in [-0.2, 0) is 9.59 Å². The van der Waals surface area contributed by atoms with Gasteiger partial charge in [-0.05, 0) is 91.9 Å². The van der Waals surface area contributed by atoms with Crippen LogP contribution in [0, 0.1) is 11.7 Å². The molecule has 8 nitrogen and oxygen atoms in total. The molecule has 3 aliphatic rings. The topological polar surface area (TPSA) is 103 Å². The molecule has 236 valence electrons. The second-order valence-corrected chi connectivity index (χ2v) is 12.5. The van der Waals surface area contributed by atoms with Crippen molar-refractivity contribution in [1.29, 1.82) is 0 Å². The molecule has 45 heavy (non-hydrogen) atoms. The molecule has 2 aliphatic heterocycles. The molecule has 0 spiro atoms. The molecular weight excluding hydrogens is 576 g/mol. The number of carbonyl (C=O) groups is 3. The standard InChI is InChI=1S/C35H39F2N5O3/c1-21(29-16-24(26-3-2-14-38-18-26)9-8-23(29)7-6-22-4-5-22)40-35(45)32-17-28(37)20-42(32)33(43)19-39-34(44)31-12-10-25-15-27(36)11-13-30(25)41-31/h6-13,15-16,21-22,26,28,32,38H,2-5,14,17-20H2,1H3,(H,39,44)(H,40,45)/b7-6+/t21-,26+,28+,32?/m0/s1. The number of hydrogen-bond donors (Lipinski definition) is 3. The number of alkyl halides is 1. The van der Waals surface area contributed by atoms with Crippen molar-refractivity contribution in [3.8, 4) is 0 Å². The van der Waals surface area contributed by atoms with E-state index in [1.54, 1.807) is 6.07 Å². The van der Waals surface area contributed by atoms with Gasteiger partial charge in [0.15, 0.2) is 0 Å². The van der Waals surface area contributed by atoms with Crippen LogP contribution in [0.25, 0.3) is 17.0 Å². The van der Waals surface area contributed by atoms with Crippen LogP contribution in [0.3, 0.4) is 0 Å². The van der Waals surface area contributed by atoms with E-state index in [0.717, 1.165) is 37.1 Å². The average Bonchev–Trinajstić information content (AvgIpc) is 3.80. The van der Waals surface area contributed by atoms with Crippen LogP contribution in [0.1, 0.15) is 78.2 Å². The summed E-state index contributed by atoms with van der Waals surface area (Å²) in [4.78, 5) is 44.9. The Morgan fingerprint density at radius 1 is 1.11 bits per heavy atom. The number of nitrogens with one attached hydrogen (secondary N) is 3. The highest BCUT2D eigenvalue weighted by molar-refractivity contribution is 5.97. The molecule has 1 aromatic heterocycles. The Bertz CT molecular complexity index is 1620. The number of pyridine rings is 1. The summed E-state index contributed by atoms with van der Waals surface area (Å²) in [7, 11) is 0. The molecule has 1 saturated carbocycles. The maximum atomic E-state index is 14.6. The zero-order chi connectivity index (χ0) is 31.5. The number of piperidine rings is 1. The molecule has 0 bridgehead atoms. The van der Waals surface area contributed by atoms with Gasteiger partial charge in [-0.3, -0.25) is 14.4 Å². The second-order valence-electron chi connectivity index (χ2n) is 12.5. The first kappa shape index (κ1) is 30.8. The smallest absolute Gasteiger partial charge is 0.270 e. The van der Waals surface area contributed by atoms with Crippen LogP contribution in [-0.4, -0.2) is 66.0 Å². The lowest BCUT2D eigenvalue weighted by Crippen LogP contribution is -2.49. The van der Waals surface area contributed by atoms with Gasteiger partial charge in [0.2, 0.25) is 11.8 Å². The summed E-state index contributed by atoms with van der Waals surface area (Å²) in [6.07, 6.45) is 7.51. The van der Waals surface area contributed by atoms with Gasteiger partial charge in [0.25, 0.3) is 5.91 Å². The van der Waals surface area contributed by atoms with Gasteiger partial charge in [0, 0.05) is 18.4 Å². The van der Waals surface area contributed by atoms with E-state index >= 15 is 0 Å². The van der Waals surface area contributed by atoms with Crippen molar-refractivity contribution in [3.63, 3.8) is 0 Å². The number of aromatic nitrogens is 1. The van der Waals surface area contributed by atoms with E-state index in [4.69, 9.17) is 0 Å². The highest BCUT2D eigenvalue weighted by Gasteiger charge is 2.40. The molecule has 3 amide bonds. The first-order chi connectivity index (χ1) is 21.7. The van der Waals surface area contributed by atoms with Gasteiger partial charge in [-0.1, -0.05) is 36.4 Å². The first-order valence-corrected chi connectivity index (χ1v) is 15.9. The second kappa shape index (κ2) is 13.4. The van der Waals surface area contributed by atoms with E-state index in [-0.39, 0.29) is 24.7 Å². The number of carbonyl (C=O) groups excluding carboxylic acids is 3. The van der Waals surface area contributed by atoms with E-state index < -0.39 is 42.3 Å². The van der Waals surface area contributed by atoms with Crippen molar-refractivity contribution < 1.29 is 23.2 Å². The first-order valence-electron chi connectivity index (χ1n) is 15.9. The zero-order valence-electron chi connectivity index (χ0n) is 25.4. The normalized spacial score (nSPS) is 22.5. The van der Waals surface area contributed by atoms with E-state index in [1.165, 1.54) is 47.6 Å². The Kier molecular flexibility index (Phi) is 9.21. The van der Waals surface area contributed by atoms with E-state index in [9.17, 15) is 23.2 Å². The third-order valence-corrected chi connectivity index (χ3v) is 9.03. The minimum Gasteiger partial charge on any atom is -0.348 e. The van der Waals surface area contributed by atoms with Crippen molar-refractivity contribution in [2.45, 2.75) is 63.2 Å². The predicted molar refractivity (Wildman–Crippen MR) is 169 cm³/mol. The SMILES string of the molecule is C[C@H](NC(=O)C1C[C@@H](F)CN1C(=O)CNC(=O)c1ccc2cc(F)ccc2n1)c1cc([C@@H]2CCCNC2)ccc1/C=C/C1CC1. The number of hydrogen-bond acceptors (Lipinski definition) is 5. The van der Waals surface area contributed by atoms with Crippen LogP contribution in [0.4, 0.5) is 8.78 Å². The Hall–Kier alpha value is -4.18. The van der Waals surface area contributed by atoms with Crippen LogP contribution < -0.4 is 16.0 Å². The van der Waals surface area contributed by atoms with Crippen LogP contribution in [0.5, 0.6) is 0 Å². The fraction of sp³-hybridized carbons (Fsp3) is 0.429. The van der Waals surface area contributed by atoms with Crippen molar-refractivity contribution in [2.75, 3.05) is 26.2 Å². The molecule has 2 aromatic carbocycles. The van der Waals surface area contributed by atoms with Gasteiger partial charge in [-0.25, -0.2) is 13.8 Å². The monoisotopic (exact) mass is 615 g/mol. The van der Waals surface area contributed by atoms with E-state index in [0.29, 0.717) is 22.7 Å². The Labute approximate surface area is 261 Å². The summed E-state index contributed by atoms with van der Waals surface area (Å²) in [5.41, 5.74) is 3.77. The third-order valence-electron chi connectivity index (χ3n) is 9.03. The van der Waals surface area contributed by atoms with Gasteiger partial charge in [-0.2, -0.15) is 0 Å². The number of nitrogens with zero attached hydrogens (tertiary/aromatic N) is 2. The number of likely N-dealkylation sites (tertiary alicyclic amines) is 1.